The number of carbonyl (C=O) groups excluding carboxylic acids is 1. The number of aromatic amines is 1. The Bertz CT molecular complexity index is 546. The Morgan fingerprint density at radius 1 is 1.56 bits per heavy atom. The Morgan fingerprint density at radius 2 is 2.39 bits per heavy atom. The minimum atomic E-state index is -0.380. The molecule has 1 amide bonds. The van der Waals surface area contributed by atoms with Crippen molar-refractivity contribution in [2.75, 3.05) is 6.26 Å². The number of aromatic nitrogens is 5. The zero-order valence-electron chi connectivity index (χ0n) is 9.35. The minimum Gasteiger partial charge on any atom is -0.343 e. The lowest BCUT2D eigenvalue weighted by molar-refractivity contribution is 0.0944. The molecular formula is C9H9ClN6OS. The molecule has 0 aliphatic rings. The van der Waals surface area contributed by atoms with Crippen molar-refractivity contribution in [1.29, 1.82) is 0 Å². The van der Waals surface area contributed by atoms with Crippen molar-refractivity contribution in [3.63, 3.8) is 0 Å². The van der Waals surface area contributed by atoms with Gasteiger partial charge in [-0.05, 0) is 6.26 Å². The van der Waals surface area contributed by atoms with E-state index in [4.69, 9.17) is 11.6 Å². The van der Waals surface area contributed by atoms with Crippen LogP contribution >= 0.6 is 23.4 Å². The van der Waals surface area contributed by atoms with Crippen LogP contribution in [0.5, 0.6) is 0 Å². The van der Waals surface area contributed by atoms with Crippen LogP contribution in [0.3, 0.4) is 0 Å². The first-order valence-corrected chi connectivity index (χ1v) is 6.50. The van der Waals surface area contributed by atoms with Gasteiger partial charge in [0.1, 0.15) is 12.2 Å². The van der Waals surface area contributed by atoms with Gasteiger partial charge in [0.05, 0.1) is 17.8 Å². The van der Waals surface area contributed by atoms with E-state index in [-0.39, 0.29) is 23.2 Å². The van der Waals surface area contributed by atoms with Crippen LogP contribution in [0.25, 0.3) is 0 Å². The fourth-order valence-electron chi connectivity index (χ4n) is 1.17. The van der Waals surface area contributed by atoms with E-state index >= 15 is 0 Å². The second-order valence-electron chi connectivity index (χ2n) is 3.17. The quantitative estimate of drug-likeness (QED) is 0.640. The molecule has 0 saturated heterocycles. The minimum absolute atomic E-state index is 0.149. The Hall–Kier alpha value is -1.67. The molecule has 7 nitrogen and oxygen atoms in total. The zero-order valence-corrected chi connectivity index (χ0v) is 10.9. The first-order chi connectivity index (χ1) is 8.70. The Labute approximate surface area is 112 Å². The van der Waals surface area contributed by atoms with Gasteiger partial charge in [-0.1, -0.05) is 23.4 Å². The summed E-state index contributed by atoms with van der Waals surface area (Å²) in [6, 6.07) is 0. The molecular weight excluding hydrogens is 276 g/mol. The van der Waals surface area contributed by atoms with Gasteiger partial charge in [0.25, 0.3) is 5.91 Å². The van der Waals surface area contributed by atoms with Gasteiger partial charge in [-0.3, -0.25) is 9.89 Å². The number of nitrogens with zero attached hydrogens (tertiary/aromatic N) is 4. The Morgan fingerprint density at radius 3 is 3.06 bits per heavy atom. The van der Waals surface area contributed by atoms with Crippen LogP contribution < -0.4 is 5.32 Å². The lowest BCUT2D eigenvalue weighted by atomic mass is 10.4. The molecule has 0 atom stereocenters. The van der Waals surface area contributed by atoms with E-state index < -0.39 is 0 Å². The normalized spacial score (nSPS) is 10.3. The topological polar surface area (TPSA) is 96.5 Å². The third-order valence-corrected chi connectivity index (χ3v) is 2.84. The highest BCUT2D eigenvalue weighted by Gasteiger charge is 2.14. The molecule has 0 saturated carbocycles. The summed E-state index contributed by atoms with van der Waals surface area (Å²) in [7, 11) is 0. The highest BCUT2D eigenvalue weighted by atomic mass is 35.5. The molecule has 2 aromatic rings. The smallest absolute Gasteiger partial charge is 0.271 e. The second kappa shape index (κ2) is 5.78. The standard InChI is InChI=1S/C9H9ClN6OS/c1-18-9-12-2-5(10)7(15-9)8(17)11-3-6-13-4-14-16-6/h2,4H,3H2,1H3,(H,11,17)(H,13,14,16). The van der Waals surface area contributed by atoms with Crippen molar-refractivity contribution in [3.8, 4) is 0 Å². The van der Waals surface area contributed by atoms with Gasteiger partial charge in [0.15, 0.2) is 10.9 Å². The van der Waals surface area contributed by atoms with Crippen molar-refractivity contribution in [2.45, 2.75) is 11.7 Å². The maximum atomic E-state index is 11.9. The van der Waals surface area contributed by atoms with E-state index in [0.29, 0.717) is 11.0 Å². The SMILES string of the molecule is CSc1ncc(Cl)c(C(=O)NCc2ncn[nH]2)n1. The summed E-state index contributed by atoms with van der Waals surface area (Å²) in [6.45, 7) is 0.230. The highest BCUT2D eigenvalue weighted by Crippen LogP contribution is 2.16. The molecule has 0 radical (unpaired) electrons. The highest BCUT2D eigenvalue weighted by molar-refractivity contribution is 7.98. The number of thioether (sulfide) groups is 1. The zero-order chi connectivity index (χ0) is 13.0. The van der Waals surface area contributed by atoms with Crippen LogP contribution in [-0.2, 0) is 6.54 Å². The van der Waals surface area contributed by atoms with Crippen LogP contribution in [0.4, 0.5) is 0 Å². The largest absolute Gasteiger partial charge is 0.343 e. The van der Waals surface area contributed by atoms with Crippen molar-refractivity contribution < 1.29 is 4.79 Å². The average molecular weight is 285 g/mol. The number of H-pyrrole nitrogens is 1. The monoisotopic (exact) mass is 284 g/mol. The maximum absolute atomic E-state index is 11.9. The number of halogens is 1. The third-order valence-electron chi connectivity index (χ3n) is 2.00. The first kappa shape index (κ1) is 12.8. The molecule has 0 fully saturated rings. The molecule has 0 unspecified atom stereocenters. The maximum Gasteiger partial charge on any atom is 0.271 e. The van der Waals surface area contributed by atoms with Crippen molar-refractivity contribution >= 4 is 29.3 Å². The molecule has 2 heterocycles. The summed E-state index contributed by atoms with van der Waals surface area (Å²) in [5, 5.41) is 9.65. The van der Waals surface area contributed by atoms with E-state index in [1.54, 1.807) is 0 Å². The average Bonchev–Trinajstić information content (AvgIpc) is 2.89. The summed E-state index contributed by atoms with van der Waals surface area (Å²) >= 11 is 7.21. The first-order valence-electron chi connectivity index (χ1n) is 4.89. The van der Waals surface area contributed by atoms with E-state index in [1.165, 1.54) is 24.3 Å². The van der Waals surface area contributed by atoms with Gasteiger partial charge in [0, 0.05) is 0 Å². The van der Waals surface area contributed by atoms with Crippen LogP contribution in [0.1, 0.15) is 16.3 Å². The van der Waals surface area contributed by atoms with E-state index in [2.05, 4.69) is 30.5 Å². The summed E-state index contributed by atoms with van der Waals surface area (Å²) in [6.07, 6.45) is 4.59. The van der Waals surface area contributed by atoms with Crippen LogP contribution in [0.2, 0.25) is 5.02 Å². The van der Waals surface area contributed by atoms with Gasteiger partial charge in [-0.25, -0.2) is 15.0 Å². The van der Waals surface area contributed by atoms with Crippen LogP contribution in [-0.4, -0.2) is 37.3 Å². The van der Waals surface area contributed by atoms with Gasteiger partial charge in [-0.2, -0.15) is 5.10 Å². The van der Waals surface area contributed by atoms with Crippen LogP contribution in [0.15, 0.2) is 17.7 Å². The van der Waals surface area contributed by atoms with Crippen molar-refractivity contribution in [2.24, 2.45) is 0 Å². The number of hydrogen-bond acceptors (Lipinski definition) is 6. The van der Waals surface area contributed by atoms with E-state index in [9.17, 15) is 4.79 Å². The molecule has 9 heteroatoms. The van der Waals surface area contributed by atoms with E-state index in [1.807, 2.05) is 6.26 Å². The third kappa shape index (κ3) is 2.96. The number of carbonyl (C=O) groups is 1. The van der Waals surface area contributed by atoms with Gasteiger partial charge < -0.3 is 5.32 Å². The number of rotatable bonds is 4. The van der Waals surface area contributed by atoms with E-state index in [0.717, 1.165) is 0 Å². The fraction of sp³-hybridized carbons (Fsp3) is 0.222. The van der Waals surface area contributed by atoms with Crippen molar-refractivity contribution in [1.82, 2.24) is 30.5 Å². The molecule has 0 aromatic carbocycles. The number of nitrogens with one attached hydrogen (secondary N) is 2. The molecule has 2 aromatic heterocycles. The fourth-order valence-corrected chi connectivity index (χ4v) is 1.69. The predicted octanol–water partition coefficient (Wildman–Crippen LogP) is 0.900. The summed E-state index contributed by atoms with van der Waals surface area (Å²) in [4.78, 5) is 23.8. The lowest BCUT2D eigenvalue weighted by Crippen LogP contribution is -2.25. The van der Waals surface area contributed by atoms with Crippen LogP contribution in [0, 0.1) is 0 Å². The molecule has 0 aliphatic heterocycles. The summed E-state index contributed by atoms with van der Waals surface area (Å²) in [5.74, 6) is 0.174. The Kier molecular flexibility index (Phi) is 4.11. The molecule has 0 aliphatic carbocycles. The summed E-state index contributed by atoms with van der Waals surface area (Å²) in [5.41, 5.74) is 0.149. The molecule has 0 spiro atoms. The Balaban J connectivity index is 2.08. The second-order valence-corrected chi connectivity index (χ2v) is 4.35. The molecule has 2 N–H and O–H groups in total. The van der Waals surface area contributed by atoms with Gasteiger partial charge in [0.2, 0.25) is 0 Å². The lowest BCUT2D eigenvalue weighted by Gasteiger charge is -2.05. The predicted molar refractivity (Wildman–Crippen MR) is 66.4 cm³/mol. The van der Waals surface area contributed by atoms with Crippen molar-refractivity contribution in [3.05, 3.63) is 29.1 Å². The van der Waals surface area contributed by atoms with Gasteiger partial charge >= 0.3 is 0 Å². The number of amides is 1. The molecule has 0 bridgehead atoms. The molecule has 2 rings (SSSR count). The number of hydrogen-bond donors (Lipinski definition) is 2. The van der Waals surface area contributed by atoms with Gasteiger partial charge in [-0.15, -0.1) is 0 Å². The summed E-state index contributed by atoms with van der Waals surface area (Å²) < 4.78 is 0. The molecule has 18 heavy (non-hydrogen) atoms. The molecule has 94 valence electrons.